The summed E-state index contributed by atoms with van der Waals surface area (Å²) in [6.07, 6.45) is 0.425. The summed E-state index contributed by atoms with van der Waals surface area (Å²) in [7, 11) is -3.85. The quantitative estimate of drug-likeness (QED) is 0.459. The molecule has 0 spiro atoms. The first-order chi connectivity index (χ1) is 4.56. The van der Waals surface area contributed by atoms with Gasteiger partial charge in [0.1, 0.15) is 0 Å². The third-order valence-corrected chi connectivity index (χ3v) is 1.58. The number of hydrogen-bond acceptors (Lipinski definition) is 2. The summed E-state index contributed by atoms with van der Waals surface area (Å²) >= 11 is 0. The van der Waals surface area contributed by atoms with Crippen LogP contribution in [0.25, 0.3) is 0 Å². The van der Waals surface area contributed by atoms with Gasteiger partial charge in [-0.1, -0.05) is 6.92 Å². The van der Waals surface area contributed by atoms with E-state index in [0.717, 1.165) is 0 Å². The Morgan fingerprint density at radius 3 is 2.40 bits per heavy atom. The van der Waals surface area contributed by atoms with Crippen molar-refractivity contribution in [1.82, 2.24) is 0 Å². The molecular formula is C5H12O4P. The van der Waals surface area contributed by atoms with Crippen LogP contribution in [0.15, 0.2) is 0 Å². The van der Waals surface area contributed by atoms with Crippen molar-refractivity contribution < 1.29 is 19.1 Å². The molecule has 0 saturated heterocycles. The van der Waals surface area contributed by atoms with Crippen LogP contribution in [0.4, 0.5) is 0 Å². The molecule has 0 atom stereocenters. The summed E-state index contributed by atoms with van der Waals surface area (Å²) < 4.78 is 15.0. The smallest absolute Gasteiger partial charge is 0.327 e. The third-order valence-electron chi connectivity index (χ3n) is 0.816. The molecule has 0 heterocycles. The number of rotatable bonds is 5. The van der Waals surface area contributed by atoms with Gasteiger partial charge in [-0.2, -0.15) is 0 Å². The second-order valence-corrected chi connectivity index (χ2v) is 3.63. The molecule has 10 heavy (non-hydrogen) atoms. The van der Waals surface area contributed by atoms with Crippen molar-refractivity contribution in [3.63, 3.8) is 0 Å². The average molecular weight is 167 g/mol. The van der Waals surface area contributed by atoms with E-state index in [0.29, 0.717) is 13.0 Å². The molecule has 0 saturated carbocycles. The van der Waals surface area contributed by atoms with Crippen LogP contribution in [-0.2, 0) is 9.30 Å². The topological polar surface area (TPSA) is 66.8 Å². The Kier molecular flexibility index (Phi) is 4.91. The van der Waals surface area contributed by atoms with Gasteiger partial charge in [0.25, 0.3) is 0 Å². The van der Waals surface area contributed by atoms with Crippen molar-refractivity contribution in [2.24, 2.45) is 0 Å². The highest BCUT2D eigenvalue weighted by molar-refractivity contribution is 7.51. The molecule has 0 aromatic carbocycles. The lowest BCUT2D eigenvalue weighted by Crippen LogP contribution is -2.01. The van der Waals surface area contributed by atoms with Gasteiger partial charge >= 0.3 is 7.60 Å². The van der Waals surface area contributed by atoms with Crippen molar-refractivity contribution in [3.8, 4) is 0 Å². The van der Waals surface area contributed by atoms with Crippen LogP contribution in [0.1, 0.15) is 6.42 Å². The van der Waals surface area contributed by atoms with E-state index in [9.17, 15) is 4.57 Å². The molecular weight excluding hydrogens is 155 g/mol. The van der Waals surface area contributed by atoms with Crippen LogP contribution in [-0.4, -0.2) is 29.2 Å². The summed E-state index contributed by atoms with van der Waals surface area (Å²) in [5.74, 6) is 0. The maximum atomic E-state index is 10.2. The highest BCUT2D eigenvalue weighted by Crippen LogP contribution is 2.33. The zero-order chi connectivity index (χ0) is 8.04. The van der Waals surface area contributed by atoms with E-state index in [2.05, 4.69) is 6.92 Å². The molecule has 1 radical (unpaired) electrons. The third kappa shape index (κ3) is 8.11. The molecule has 0 amide bonds. The number of ether oxygens (including phenoxy) is 1. The lowest BCUT2D eigenvalue weighted by Gasteiger charge is -2.03. The molecule has 0 aliphatic rings. The van der Waals surface area contributed by atoms with Gasteiger partial charge in [0.15, 0.2) is 0 Å². The second-order valence-electron chi connectivity index (χ2n) is 1.85. The van der Waals surface area contributed by atoms with Crippen molar-refractivity contribution in [2.45, 2.75) is 6.42 Å². The molecule has 0 aromatic rings. The van der Waals surface area contributed by atoms with Crippen molar-refractivity contribution in [1.29, 1.82) is 0 Å². The molecule has 5 heteroatoms. The zero-order valence-electron chi connectivity index (χ0n) is 5.69. The zero-order valence-corrected chi connectivity index (χ0v) is 6.59. The first-order valence-corrected chi connectivity index (χ1v) is 4.77. The molecule has 0 fully saturated rings. The second kappa shape index (κ2) is 4.85. The lowest BCUT2D eigenvalue weighted by atomic mass is 10.5. The van der Waals surface area contributed by atoms with E-state index < -0.39 is 7.60 Å². The van der Waals surface area contributed by atoms with E-state index in [1.54, 1.807) is 0 Å². The van der Waals surface area contributed by atoms with E-state index in [1.807, 2.05) is 0 Å². The van der Waals surface area contributed by atoms with Crippen LogP contribution < -0.4 is 0 Å². The van der Waals surface area contributed by atoms with Crippen molar-refractivity contribution in [2.75, 3.05) is 19.4 Å². The average Bonchev–Trinajstić information content (AvgIpc) is 1.78. The Labute approximate surface area is 60.4 Å². The molecule has 0 rings (SSSR count). The van der Waals surface area contributed by atoms with Gasteiger partial charge in [0.05, 0.1) is 12.8 Å². The predicted molar refractivity (Wildman–Crippen MR) is 37.7 cm³/mol. The highest BCUT2D eigenvalue weighted by Gasteiger charge is 2.11. The summed E-state index contributed by atoms with van der Waals surface area (Å²) in [6, 6.07) is 0. The highest BCUT2D eigenvalue weighted by atomic mass is 31.2. The van der Waals surface area contributed by atoms with Gasteiger partial charge in [-0.25, -0.2) is 0 Å². The van der Waals surface area contributed by atoms with E-state index in [-0.39, 0.29) is 12.8 Å². The first-order valence-electron chi connectivity index (χ1n) is 2.98. The summed E-state index contributed by atoms with van der Waals surface area (Å²) in [6.45, 7) is 4.07. The van der Waals surface area contributed by atoms with Gasteiger partial charge in [0.2, 0.25) is 0 Å². The SMILES string of the molecule is [CH2]CCOCCP(=O)(O)O. The largest absolute Gasteiger partial charge is 0.381 e. The molecule has 0 unspecified atom stereocenters. The van der Waals surface area contributed by atoms with E-state index in [4.69, 9.17) is 14.5 Å². The van der Waals surface area contributed by atoms with Crippen LogP contribution in [0.5, 0.6) is 0 Å². The fourth-order valence-electron chi connectivity index (χ4n) is 0.388. The van der Waals surface area contributed by atoms with E-state index >= 15 is 0 Å². The molecule has 61 valence electrons. The fraction of sp³-hybridized carbons (Fsp3) is 0.800. The van der Waals surface area contributed by atoms with Crippen LogP contribution in [0.3, 0.4) is 0 Å². The van der Waals surface area contributed by atoms with Crippen LogP contribution in [0.2, 0.25) is 0 Å². The fourth-order valence-corrected chi connectivity index (χ4v) is 0.755. The van der Waals surface area contributed by atoms with Gasteiger partial charge in [-0.15, -0.1) is 0 Å². The van der Waals surface area contributed by atoms with Crippen LogP contribution in [0, 0.1) is 6.92 Å². The maximum Gasteiger partial charge on any atom is 0.327 e. The van der Waals surface area contributed by atoms with Gasteiger partial charge in [0, 0.05) is 6.61 Å². The standard InChI is InChI=1S/C5H12O4P/c1-2-3-9-4-5-10(6,7)8/h1-5H2,(H2,6,7,8). The predicted octanol–water partition coefficient (Wildman–Crippen LogP) is 0.405. The molecule has 4 nitrogen and oxygen atoms in total. The minimum Gasteiger partial charge on any atom is -0.381 e. The minimum absolute atomic E-state index is 0.111. The van der Waals surface area contributed by atoms with Gasteiger partial charge in [-0.05, 0) is 6.42 Å². The van der Waals surface area contributed by atoms with Gasteiger partial charge in [-0.3, -0.25) is 4.57 Å². The Morgan fingerprint density at radius 2 is 2.00 bits per heavy atom. The Hall–Kier alpha value is 0.110. The van der Waals surface area contributed by atoms with Gasteiger partial charge < -0.3 is 14.5 Å². The maximum absolute atomic E-state index is 10.2. The Balaban J connectivity index is 3.13. The lowest BCUT2D eigenvalue weighted by molar-refractivity contribution is 0.150. The van der Waals surface area contributed by atoms with Crippen LogP contribution >= 0.6 is 7.60 Å². The Bertz CT molecular complexity index is 119. The molecule has 0 aliphatic carbocycles. The van der Waals surface area contributed by atoms with E-state index in [1.165, 1.54) is 0 Å². The first kappa shape index (κ1) is 10.1. The van der Waals surface area contributed by atoms with Crippen molar-refractivity contribution >= 4 is 7.60 Å². The molecule has 0 aliphatic heterocycles. The monoisotopic (exact) mass is 167 g/mol. The summed E-state index contributed by atoms with van der Waals surface area (Å²) in [5, 5.41) is 0. The normalized spacial score (nSPS) is 11.9. The molecule has 0 bridgehead atoms. The Morgan fingerprint density at radius 1 is 1.40 bits per heavy atom. The minimum atomic E-state index is -3.85. The summed E-state index contributed by atoms with van der Waals surface area (Å²) in [5.41, 5.74) is 0. The molecule has 0 aromatic heterocycles. The number of hydrogen-bond donors (Lipinski definition) is 2. The summed E-state index contributed by atoms with van der Waals surface area (Å²) in [4.78, 5) is 16.7. The molecule has 2 N–H and O–H groups in total. The van der Waals surface area contributed by atoms with Crippen molar-refractivity contribution in [3.05, 3.63) is 6.92 Å².